The van der Waals surface area contributed by atoms with Crippen LogP contribution in [-0.2, 0) is 0 Å². The van der Waals surface area contributed by atoms with Gasteiger partial charge in [-0.1, -0.05) is 103 Å². The fraction of sp³-hybridized carbons (Fsp3) is 0. The number of furan rings is 2. The van der Waals surface area contributed by atoms with Gasteiger partial charge in [-0.15, -0.1) is 11.3 Å². The third-order valence-corrected chi connectivity index (χ3v) is 10.9. The zero-order chi connectivity index (χ0) is 33.5. The zero-order valence-corrected chi connectivity index (χ0v) is 27.8. The summed E-state index contributed by atoms with van der Waals surface area (Å²) in [5.41, 5.74) is 8.02. The molecule has 11 aromatic rings. The van der Waals surface area contributed by atoms with Gasteiger partial charge in [-0.2, -0.15) is 0 Å². The number of nitrogens with zero attached hydrogens (tertiary/aromatic N) is 3. The second-order valence-electron chi connectivity index (χ2n) is 12.8. The molecule has 0 spiro atoms. The molecule has 238 valence electrons. The van der Waals surface area contributed by atoms with Crippen molar-refractivity contribution in [1.29, 1.82) is 0 Å². The molecule has 0 radical (unpaired) electrons. The Morgan fingerprint density at radius 2 is 0.961 bits per heavy atom. The summed E-state index contributed by atoms with van der Waals surface area (Å²) in [5.74, 6) is 1.75. The van der Waals surface area contributed by atoms with Crippen molar-refractivity contribution in [2.45, 2.75) is 0 Å². The molecule has 0 unspecified atom stereocenters. The van der Waals surface area contributed by atoms with Gasteiger partial charge in [0.15, 0.2) is 17.5 Å². The topological polar surface area (TPSA) is 65.0 Å². The summed E-state index contributed by atoms with van der Waals surface area (Å²) in [6.07, 6.45) is 0. The molecule has 0 bridgehead atoms. The summed E-state index contributed by atoms with van der Waals surface area (Å²) in [7, 11) is 0. The van der Waals surface area contributed by atoms with Gasteiger partial charge >= 0.3 is 0 Å². The first-order valence-corrected chi connectivity index (χ1v) is 17.7. The Kier molecular flexibility index (Phi) is 6.05. The number of hydrogen-bond acceptors (Lipinski definition) is 6. The van der Waals surface area contributed by atoms with E-state index in [1.807, 2.05) is 90.2 Å². The van der Waals surface area contributed by atoms with Crippen LogP contribution in [0.2, 0.25) is 0 Å². The smallest absolute Gasteiger partial charge is 0.164 e. The largest absolute Gasteiger partial charge is 0.456 e. The number of hydrogen-bond donors (Lipinski definition) is 0. The van der Waals surface area contributed by atoms with E-state index in [2.05, 4.69) is 72.8 Å². The van der Waals surface area contributed by atoms with Crippen LogP contribution in [-0.4, -0.2) is 15.0 Å². The molecule has 5 nitrogen and oxygen atoms in total. The Morgan fingerprint density at radius 3 is 1.76 bits per heavy atom. The summed E-state index contributed by atoms with van der Waals surface area (Å²) in [6.45, 7) is 0. The zero-order valence-electron chi connectivity index (χ0n) is 27.0. The SMILES string of the molecule is c1ccc(-c2nc(-c3cccc4oc5ccccc5c34)nc(-c3cc(-c4ccc5sc6ccccc6c5c4)cc4oc5ccccc5c34)n2)cc1. The predicted molar refractivity (Wildman–Crippen MR) is 209 cm³/mol. The van der Waals surface area contributed by atoms with Crippen LogP contribution in [0.4, 0.5) is 0 Å². The lowest BCUT2D eigenvalue weighted by atomic mass is 9.97. The van der Waals surface area contributed by atoms with Crippen molar-refractivity contribution in [2.24, 2.45) is 0 Å². The van der Waals surface area contributed by atoms with E-state index in [0.29, 0.717) is 17.5 Å². The van der Waals surface area contributed by atoms with Gasteiger partial charge in [0, 0.05) is 58.4 Å². The van der Waals surface area contributed by atoms with Crippen molar-refractivity contribution >= 4 is 75.4 Å². The Morgan fingerprint density at radius 1 is 0.353 bits per heavy atom. The monoisotopic (exact) mass is 671 g/mol. The molecular weight excluding hydrogens is 647 g/mol. The highest BCUT2D eigenvalue weighted by Gasteiger charge is 2.22. The van der Waals surface area contributed by atoms with Gasteiger partial charge in [0.2, 0.25) is 0 Å². The first-order chi connectivity index (χ1) is 25.2. The van der Waals surface area contributed by atoms with Crippen molar-refractivity contribution in [2.75, 3.05) is 0 Å². The number of rotatable bonds is 4. The average Bonchev–Trinajstić information content (AvgIpc) is 3.88. The average molecular weight is 672 g/mol. The maximum Gasteiger partial charge on any atom is 0.164 e. The maximum absolute atomic E-state index is 6.56. The fourth-order valence-electron chi connectivity index (χ4n) is 7.40. The molecule has 7 aromatic carbocycles. The Balaban J connectivity index is 1.21. The first-order valence-electron chi connectivity index (χ1n) is 16.8. The lowest BCUT2D eigenvalue weighted by Gasteiger charge is -2.12. The highest BCUT2D eigenvalue weighted by atomic mass is 32.1. The van der Waals surface area contributed by atoms with Gasteiger partial charge in [0.25, 0.3) is 0 Å². The number of fused-ring (bicyclic) bond motifs is 9. The number of aromatic nitrogens is 3. The van der Waals surface area contributed by atoms with Crippen LogP contribution in [0, 0.1) is 0 Å². The van der Waals surface area contributed by atoms with Crippen LogP contribution in [0.15, 0.2) is 160 Å². The Labute approximate surface area is 295 Å². The molecule has 0 saturated carbocycles. The quantitative estimate of drug-likeness (QED) is 0.186. The molecule has 0 N–H and O–H groups in total. The van der Waals surface area contributed by atoms with Crippen LogP contribution < -0.4 is 0 Å². The molecule has 11 rings (SSSR count). The molecular formula is C45H25N3O2S. The molecule has 6 heteroatoms. The van der Waals surface area contributed by atoms with E-state index in [9.17, 15) is 0 Å². The number of para-hydroxylation sites is 2. The van der Waals surface area contributed by atoms with E-state index in [1.165, 1.54) is 20.2 Å². The molecule has 0 atom stereocenters. The van der Waals surface area contributed by atoms with E-state index < -0.39 is 0 Å². The van der Waals surface area contributed by atoms with Crippen molar-refractivity contribution < 1.29 is 8.83 Å². The third-order valence-electron chi connectivity index (χ3n) is 9.74. The lowest BCUT2D eigenvalue weighted by molar-refractivity contribution is 0.668. The normalized spacial score (nSPS) is 11.9. The van der Waals surface area contributed by atoms with E-state index in [-0.39, 0.29) is 0 Å². The molecule has 0 aliphatic rings. The standard InChI is InChI=1S/C45H25N3O2S/c1-2-11-26(12-3-1)43-46-44(32-16-10-19-37-41(32)30-14-4-7-17-35(30)49-37)48-45(47-43)34-24-28(25-38-42(34)31-15-5-8-18-36(31)50-38)27-21-22-40-33(23-27)29-13-6-9-20-39(29)51-40/h1-25H. The van der Waals surface area contributed by atoms with Gasteiger partial charge in [0.05, 0.1) is 0 Å². The summed E-state index contributed by atoms with van der Waals surface area (Å²) >= 11 is 1.82. The second-order valence-corrected chi connectivity index (χ2v) is 13.8. The lowest BCUT2D eigenvalue weighted by Crippen LogP contribution is -2.01. The summed E-state index contributed by atoms with van der Waals surface area (Å²) in [5, 5.41) is 6.49. The van der Waals surface area contributed by atoms with E-state index in [4.69, 9.17) is 23.8 Å². The van der Waals surface area contributed by atoms with Crippen LogP contribution in [0.5, 0.6) is 0 Å². The van der Waals surface area contributed by atoms with Crippen molar-refractivity contribution in [3.05, 3.63) is 152 Å². The fourth-order valence-corrected chi connectivity index (χ4v) is 8.48. The van der Waals surface area contributed by atoms with E-state index in [1.54, 1.807) is 0 Å². The Bertz CT molecular complexity index is 3160. The minimum absolute atomic E-state index is 0.573. The maximum atomic E-state index is 6.56. The second kappa shape index (κ2) is 10.9. The molecule has 0 aliphatic heterocycles. The minimum Gasteiger partial charge on any atom is -0.456 e. The van der Waals surface area contributed by atoms with Crippen LogP contribution >= 0.6 is 11.3 Å². The molecule has 0 aliphatic carbocycles. The minimum atomic E-state index is 0.573. The summed E-state index contributed by atoms with van der Waals surface area (Å²) in [6, 6.07) is 52.1. The van der Waals surface area contributed by atoms with Gasteiger partial charge in [-0.05, 0) is 59.7 Å². The van der Waals surface area contributed by atoms with E-state index >= 15 is 0 Å². The van der Waals surface area contributed by atoms with E-state index in [0.717, 1.165) is 71.7 Å². The van der Waals surface area contributed by atoms with Gasteiger partial charge in [-0.25, -0.2) is 15.0 Å². The molecule has 0 amide bonds. The third kappa shape index (κ3) is 4.43. The molecule has 0 fully saturated rings. The van der Waals surface area contributed by atoms with Crippen molar-refractivity contribution in [3.8, 4) is 45.3 Å². The highest BCUT2D eigenvalue weighted by Crippen LogP contribution is 2.43. The van der Waals surface area contributed by atoms with Crippen molar-refractivity contribution in [3.63, 3.8) is 0 Å². The Hall–Kier alpha value is -6.63. The number of benzene rings is 7. The van der Waals surface area contributed by atoms with Gasteiger partial charge < -0.3 is 8.83 Å². The molecule has 0 saturated heterocycles. The molecule has 4 aromatic heterocycles. The first kappa shape index (κ1) is 28.2. The van der Waals surface area contributed by atoms with Crippen LogP contribution in [0.25, 0.3) is 109 Å². The van der Waals surface area contributed by atoms with Gasteiger partial charge in [0.1, 0.15) is 22.3 Å². The van der Waals surface area contributed by atoms with Gasteiger partial charge in [-0.3, -0.25) is 0 Å². The highest BCUT2D eigenvalue weighted by molar-refractivity contribution is 7.25. The summed E-state index contributed by atoms with van der Waals surface area (Å²) in [4.78, 5) is 15.6. The van der Waals surface area contributed by atoms with Crippen molar-refractivity contribution in [1.82, 2.24) is 15.0 Å². The summed E-state index contributed by atoms with van der Waals surface area (Å²) < 4.78 is 15.4. The molecule has 51 heavy (non-hydrogen) atoms. The number of thiophene rings is 1. The van der Waals surface area contributed by atoms with Crippen LogP contribution in [0.3, 0.4) is 0 Å². The predicted octanol–water partition coefficient (Wildman–Crippen LogP) is 12.7. The van der Waals surface area contributed by atoms with Crippen LogP contribution in [0.1, 0.15) is 0 Å². The molecule has 4 heterocycles.